The number of hydrogen-bond donors (Lipinski definition) is 3. The number of aromatic hydroxyl groups is 3. The maximum Gasteiger partial charge on any atom is 0.138 e. The Morgan fingerprint density at radius 3 is 1.81 bits per heavy atom. The maximum absolute atomic E-state index is 10.6. The van der Waals surface area contributed by atoms with Gasteiger partial charge in [-0.15, -0.1) is 0 Å². The summed E-state index contributed by atoms with van der Waals surface area (Å²) in [6.07, 6.45) is 1.66. The summed E-state index contributed by atoms with van der Waals surface area (Å²) in [7, 11) is 0. The Bertz CT molecular complexity index is 1100. The predicted octanol–water partition coefficient (Wildman–Crippen LogP) is 5.51. The lowest BCUT2D eigenvalue weighted by Crippen LogP contribution is -1.90. The molecule has 0 bridgehead atoms. The van der Waals surface area contributed by atoms with Crippen LogP contribution >= 0.6 is 11.6 Å². The van der Waals surface area contributed by atoms with Crippen molar-refractivity contribution in [2.75, 3.05) is 0 Å². The molecular formula is C21H14ClNO3. The van der Waals surface area contributed by atoms with E-state index in [0.717, 1.165) is 0 Å². The number of aliphatic imine (C=N–C) groups is 1. The van der Waals surface area contributed by atoms with E-state index in [1.54, 1.807) is 54.7 Å². The molecule has 3 N–H and O–H groups in total. The predicted molar refractivity (Wildman–Crippen MR) is 105 cm³/mol. The Morgan fingerprint density at radius 1 is 0.731 bits per heavy atom. The van der Waals surface area contributed by atoms with Gasteiger partial charge in [-0.1, -0.05) is 35.9 Å². The standard InChI is InChI=1S/C21H14ClNO3/c22-12-7-9-13(10-8-12)23-11-16-14-3-1-5-17(24)19(14)21(26)20-15(16)4-2-6-18(20)25/h1-11,24-26H. The zero-order chi connectivity index (χ0) is 18.3. The third kappa shape index (κ3) is 2.61. The van der Waals surface area contributed by atoms with Gasteiger partial charge in [-0.25, -0.2) is 0 Å². The van der Waals surface area contributed by atoms with Gasteiger partial charge in [0.05, 0.1) is 16.5 Å². The lowest BCUT2D eigenvalue weighted by Gasteiger charge is -2.13. The summed E-state index contributed by atoms with van der Waals surface area (Å²) in [5, 5.41) is 33.6. The summed E-state index contributed by atoms with van der Waals surface area (Å²) >= 11 is 5.90. The van der Waals surface area contributed by atoms with Crippen LogP contribution in [0.2, 0.25) is 5.02 Å². The molecule has 0 aliphatic carbocycles. The number of nitrogens with zero attached hydrogens (tertiary/aromatic N) is 1. The molecule has 0 atom stereocenters. The van der Waals surface area contributed by atoms with Crippen LogP contribution in [0.25, 0.3) is 21.5 Å². The van der Waals surface area contributed by atoms with E-state index in [2.05, 4.69) is 4.99 Å². The number of benzene rings is 4. The van der Waals surface area contributed by atoms with Crippen LogP contribution in [0.5, 0.6) is 17.2 Å². The molecule has 5 heteroatoms. The van der Waals surface area contributed by atoms with Gasteiger partial charge in [0.2, 0.25) is 0 Å². The quantitative estimate of drug-likeness (QED) is 0.324. The molecule has 0 aliphatic heterocycles. The highest BCUT2D eigenvalue weighted by atomic mass is 35.5. The van der Waals surface area contributed by atoms with Crippen molar-refractivity contribution in [3.63, 3.8) is 0 Å². The van der Waals surface area contributed by atoms with Crippen LogP contribution in [-0.4, -0.2) is 21.5 Å². The second kappa shape index (κ2) is 6.24. The van der Waals surface area contributed by atoms with Crippen molar-refractivity contribution < 1.29 is 15.3 Å². The first-order chi connectivity index (χ1) is 12.6. The molecule has 4 nitrogen and oxygen atoms in total. The fourth-order valence-electron chi connectivity index (χ4n) is 3.10. The van der Waals surface area contributed by atoms with Crippen molar-refractivity contribution in [1.29, 1.82) is 0 Å². The van der Waals surface area contributed by atoms with E-state index in [-0.39, 0.29) is 28.0 Å². The maximum atomic E-state index is 10.6. The van der Waals surface area contributed by atoms with E-state index in [9.17, 15) is 15.3 Å². The van der Waals surface area contributed by atoms with E-state index in [1.807, 2.05) is 0 Å². The van der Waals surface area contributed by atoms with Crippen molar-refractivity contribution in [2.45, 2.75) is 0 Å². The van der Waals surface area contributed by atoms with Crippen molar-refractivity contribution in [2.24, 2.45) is 4.99 Å². The van der Waals surface area contributed by atoms with Crippen LogP contribution in [0.3, 0.4) is 0 Å². The fraction of sp³-hybridized carbons (Fsp3) is 0. The Hall–Kier alpha value is -3.24. The van der Waals surface area contributed by atoms with Gasteiger partial charge in [-0.05, 0) is 47.2 Å². The highest BCUT2D eigenvalue weighted by Gasteiger charge is 2.17. The number of rotatable bonds is 2. The molecular weight excluding hydrogens is 350 g/mol. The first-order valence-corrected chi connectivity index (χ1v) is 8.32. The molecule has 0 spiro atoms. The van der Waals surface area contributed by atoms with Crippen LogP contribution in [0, 0.1) is 0 Å². The van der Waals surface area contributed by atoms with E-state index in [4.69, 9.17) is 11.6 Å². The van der Waals surface area contributed by atoms with Gasteiger partial charge >= 0.3 is 0 Å². The van der Waals surface area contributed by atoms with Crippen LogP contribution in [-0.2, 0) is 0 Å². The minimum absolute atomic E-state index is 0.0636. The first kappa shape index (κ1) is 16.2. The first-order valence-electron chi connectivity index (χ1n) is 7.94. The minimum Gasteiger partial charge on any atom is -0.507 e. The van der Waals surface area contributed by atoms with Crippen molar-refractivity contribution in [1.82, 2.24) is 0 Å². The zero-order valence-corrected chi connectivity index (χ0v) is 14.3. The summed E-state index contributed by atoms with van der Waals surface area (Å²) in [4.78, 5) is 4.48. The third-order valence-corrected chi connectivity index (χ3v) is 4.56. The molecule has 0 aliphatic rings. The SMILES string of the molecule is Oc1cccc2c(C=Nc3ccc(Cl)cc3)c3cccc(O)c3c(O)c12. The van der Waals surface area contributed by atoms with Crippen LogP contribution < -0.4 is 0 Å². The molecule has 4 rings (SSSR count). The van der Waals surface area contributed by atoms with Gasteiger partial charge in [-0.2, -0.15) is 0 Å². The lowest BCUT2D eigenvalue weighted by atomic mass is 9.95. The molecule has 4 aromatic carbocycles. The molecule has 0 saturated carbocycles. The number of phenols is 3. The van der Waals surface area contributed by atoms with Gasteiger partial charge in [0.15, 0.2) is 0 Å². The molecule has 4 aromatic rings. The summed E-state index contributed by atoms with van der Waals surface area (Å²) in [6.45, 7) is 0. The molecule has 0 unspecified atom stereocenters. The van der Waals surface area contributed by atoms with E-state index >= 15 is 0 Å². The van der Waals surface area contributed by atoms with Gasteiger partial charge in [0, 0.05) is 16.8 Å². The van der Waals surface area contributed by atoms with Gasteiger partial charge in [0.1, 0.15) is 17.2 Å². The second-order valence-electron chi connectivity index (χ2n) is 5.90. The fourth-order valence-corrected chi connectivity index (χ4v) is 3.23. The average molecular weight is 364 g/mol. The Balaban J connectivity index is 2.05. The highest BCUT2D eigenvalue weighted by Crippen LogP contribution is 2.44. The van der Waals surface area contributed by atoms with E-state index in [0.29, 0.717) is 27.0 Å². The number of phenolic OH excluding ortho intramolecular Hbond substituents is 3. The summed E-state index contributed by atoms with van der Waals surface area (Å²) in [6, 6.07) is 17.1. The summed E-state index contributed by atoms with van der Waals surface area (Å²) in [5.41, 5.74) is 1.40. The molecule has 0 radical (unpaired) electrons. The molecule has 128 valence electrons. The Morgan fingerprint density at radius 2 is 1.27 bits per heavy atom. The molecule has 0 heterocycles. The van der Waals surface area contributed by atoms with E-state index in [1.165, 1.54) is 12.1 Å². The average Bonchev–Trinajstić information content (AvgIpc) is 2.63. The molecule has 0 saturated heterocycles. The van der Waals surface area contributed by atoms with Crippen LogP contribution in [0.1, 0.15) is 5.56 Å². The normalized spacial score (nSPS) is 11.6. The van der Waals surface area contributed by atoms with Crippen LogP contribution in [0.4, 0.5) is 5.69 Å². The largest absolute Gasteiger partial charge is 0.507 e. The third-order valence-electron chi connectivity index (χ3n) is 4.31. The highest BCUT2D eigenvalue weighted by molar-refractivity contribution is 6.30. The molecule has 0 amide bonds. The smallest absolute Gasteiger partial charge is 0.138 e. The Labute approximate surface area is 154 Å². The number of hydrogen-bond acceptors (Lipinski definition) is 4. The van der Waals surface area contributed by atoms with Crippen molar-refractivity contribution in [3.8, 4) is 17.2 Å². The van der Waals surface area contributed by atoms with E-state index < -0.39 is 0 Å². The van der Waals surface area contributed by atoms with Gasteiger partial charge in [0.25, 0.3) is 0 Å². The molecule has 0 fully saturated rings. The Kier molecular flexibility index (Phi) is 3.90. The second-order valence-corrected chi connectivity index (χ2v) is 6.33. The summed E-state index contributed by atoms with van der Waals surface area (Å²) < 4.78 is 0. The van der Waals surface area contributed by atoms with Crippen LogP contribution in [0.15, 0.2) is 65.7 Å². The number of halogens is 1. The lowest BCUT2D eigenvalue weighted by molar-refractivity contribution is 0.460. The zero-order valence-electron chi connectivity index (χ0n) is 13.5. The molecule has 26 heavy (non-hydrogen) atoms. The van der Waals surface area contributed by atoms with Crippen molar-refractivity contribution >= 4 is 45.0 Å². The van der Waals surface area contributed by atoms with Gasteiger partial charge < -0.3 is 15.3 Å². The van der Waals surface area contributed by atoms with Gasteiger partial charge in [-0.3, -0.25) is 4.99 Å². The van der Waals surface area contributed by atoms with Crippen molar-refractivity contribution in [3.05, 3.63) is 71.2 Å². The minimum atomic E-state index is -0.158. The summed E-state index contributed by atoms with van der Waals surface area (Å²) in [5.74, 6) is -0.285. The number of fused-ring (bicyclic) bond motifs is 2. The monoisotopic (exact) mass is 363 g/mol. The molecule has 0 aromatic heterocycles. The topological polar surface area (TPSA) is 73.1 Å².